The molecule has 0 atom stereocenters. The summed E-state index contributed by atoms with van der Waals surface area (Å²) in [6, 6.07) is 1.71. The molecule has 0 aliphatic heterocycles. The number of hydrogen-bond donors (Lipinski definition) is 0. The van der Waals surface area contributed by atoms with E-state index < -0.39 is 0 Å². The van der Waals surface area contributed by atoms with E-state index in [-0.39, 0.29) is 0 Å². The molecule has 1 heterocycles. The first-order chi connectivity index (χ1) is 6.38. The number of halogens is 1. The lowest BCUT2D eigenvalue weighted by Crippen LogP contribution is -1.86. The summed E-state index contributed by atoms with van der Waals surface area (Å²) in [5, 5.41) is 0.931. The molecule has 1 aromatic heterocycles. The van der Waals surface area contributed by atoms with Crippen molar-refractivity contribution in [3.8, 4) is 0 Å². The highest BCUT2D eigenvalue weighted by Gasteiger charge is 1.95. The van der Waals surface area contributed by atoms with Crippen molar-refractivity contribution >= 4 is 28.3 Å². The molecule has 0 radical (unpaired) electrons. The quantitative estimate of drug-likeness (QED) is 0.598. The van der Waals surface area contributed by atoms with Crippen LogP contribution in [0.5, 0.6) is 0 Å². The first-order valence-electron chi connectivity index (χ1n) is 4.00. The maximum Gasteiger partial charge on any atom is 0.150 e. The SMILES string of the molecule is O=Cc1ccncc1C=CCCBr. The second kappa shape index (κ2) is 5.65. The number of hydrogen-bond acceptors (Lipinski definition) is 2. The fourth-order valence-corrected chi connectivity index (χ4v) is 1.20. The van der Waals surface area contributed by atoms with Crippen molar-refractivity contribution in [2.24, 2.45) is 0 Å². The molecule has 0 aliphatic carbocycles. The van der Waals surface area contributed by atoms with E-state index >= 15 is 0 Å². The molecule has 0 fully saturated rings. The molecule has 2 nitrogen and oxygen atoms in total. The lowest BCUT2D eigenvalue weighted by atomic mass is 10.1. The van der Waals surface area contributed by atoms with Crippen molar-refractivity contribution in [2.75, 3.05) is 5.33 Å². The van der Waals surface area contributed by atoms with Gasteiger partial charge in [0.15, 0.2) is 6.29 Å². The van der Waals surface area contributed by atoms with Gasteiger partial charge in [0, 0.05) is 28.9 Å². The third kappa shape index (κ3) is 3.11. The maximum absolute atomic E-state index is 10.6. The highest BCUT2D eigenvalue weighted by molar-refractivity contribution is 9.09. The molecule has 13 heavy (non-hydrogen) atoms. The van der Waals surface area contributed by atoms with Gasteiger partial charge in [0.2, 0.25) is 0 Å². The fourth-order valence-electron chi connectivity index (χ4n) is 0.937. The summed E-state index contributed by atoms with van der Waals surface area (Å²) in [7, 11) is 0. The molecule has 1 aromatic rings. The van der Waals surface area contributed by atoms with Crippen LogP contribution in [0.3, 0.4) is 0 Å². The van der Waals surface area contributed by atoms with Gasteiger partial charge in [-0.15, -0.1) is 0 Å². The number of nitrogens with zero attached hydrogens (tertiary/aromatic N) is 1. The van der Waals surface area contributed by atoms with Crippen LogP contribution in [-0.4, -0.2) is 16.6 Å². The summed E-state index contributed by atoms with van der Waals surface area (Å²) in [5.41, 5.74) is 1.55. The largest absolute Gasteiger partial charge is 0.298 e. The van der Waals surface area contributed by atoms with Crippen LogP contribution in [0, 0.1) is 0 Å². The molecular formula is C10H10BrNO. The molecule has 0 aliphatic rings. The predicted octanol–water partition coefficient (Wildman–Crippen LogP) is 2.69. The van der Waals surface area contributed by atoms with Gasteiger partial charge in [-0.1, -0.05) is 28.1 Å². The Balaban J connectivity index is 2.80. The number of carbonyl (C=O) groups excluding carboxylic acids is 1. The van der Waals surface area contributed by atoms with Crippen LogP contribution in [0.25, 0.3) is 6.08 Å². The van der Waals surface area contributed by atoms with E-state index in [0.717, 1.165) is 23.6 Å². The van der Waals surface area contributed by atoms with Crippen molar-refractivity contribution in [3.63, 3.8) is 0 Å². The Morgan fingerprint density at radius 1 is 1.46 bits per heavy atom. The normalized spacial score (nSPS) is 10.5. The van der Waals surface area contributed by atoms with Crippen molar-refractivity contribution in [3.05, 3.63) is 35.7 Å². The van der Waals surface area contributed by atoms with E-state index in [1.165, 1.54) is 0 Å². The number of alkyl halides is 1. The zero-order chi connectivity index (χ0) is 9.52. The van der Waals surface area contributed by atoms with Gasteiger partial charge in [-0.25, -0.2) is 0 Å². The third-order valence-corrected chi connectivity index (χ3v) is 2.05. The topological polar surface area (TPSA) is 30.0 Å². The summed E-state index contributed by atoms with van der Waals surface area (Å²) in [5.74, 6) is 0. The van der Waals surface area contributed by atoms with Crippen molar-refractivity contribution in [2.45, 2.75) is 6.42 Å². The van der Waals surface area contributed by atoms with Crippen molar-refractivity contribution in [1.29, 1.82) is 0 Å². The molecule has 0 N–H and O–H groups in total. The van der Waals surface area contributed by atoms with Gasteiger partial charge in [-0.3, -0.25) is 9.78 Å². The summed E-state index contributed by atoms with van der Waals surface area (Å²) >= 11 is 3.32. The Morgan fingerprint density at radius 2 is 2.31 bits per heavy atom. The van der Waals surface area contributed by atoms with Gasteiger partial charge in [0.25, 0.3) is 0 Å². The minimum absolute atomic E-state index is 0.681. The average molecular weight is 240 g/mol. The molecule has 0 amide bonds. The van der Waals surface area contributed by atoms with Gasteiger partial charge in [0.05, 0.1) is 0 Å². The molecule has 0 aromatic carbocycles. The molecule has 0 bridgehead atoms. The molecule has 0 saturated heterocycles. The van der Waals surface area contributed by atoms with Crippen LogP contribution in [0.1, 0.15) is 22.3 Å². The minimum atomic E-state index is 0.681. The van der Waals surface area contributed by atoms with Gasteiger partial charge >= 0.3 is 0 Å². The highest BCUT2D eigenvalue weighted by Crippen LogP contribution is 2.07. The Labute approximate surface area is 85.8 Å². The number of aldehydes is 1. The number of aromatic nitrogens is 1. The van der Waals surface area contributed by atoms with Crippen LogP contribution in [0.2, 0.25) is 0 Å². The summed E-state index contributed by atoms with van der Waals surface area (Å²) in [6.45, 7) is 0. The lowest BCUT2D eigenvalue weighted by Gasteiger charge is -1.95. The summed E-state index contributed by atoms with van der Waals surface area (Å²) in [4.78, 5) is 14.5. The first kappa shape index (κ1) is 10.1. The average Bonchev–Trinajstić information content (AvgIpc) is 2.19. The Morgan fingerprint density at radius 3 is 3.00 bits per heavy atom. The van der Waals surface area contributed by atoms with Gasteiger partial charge in [0.1, 0.15) is 0 Å². The van der Waals surface area contributed by atoms with Crippen molar-refractivity contribution < 1.29 is 4.79 Å². The van der Waals surface area contributed by atoms with Crippen LogP contribution in [0.4, 0.5) is 0 Å². The zero-order valence-corrected chi connectivity index (χ0v) is 8.70. The summed E-state index contributed by atoms with van der Waals surface area (Å²) < 4.78 is 0. The Hall–Kier alpha value is -0.960. The zero-order valence-electron chi connectivity index (χ0n) is 7.11. The smallest absolute Gasteiger partial charge is 0.150 e. The molecule has 0 saturated carbocycles. The maximum atomic E-state index is 10.6. The number of allylic oxidation sites excluding steroid dienone is 1. The van der Waals surface area contributed by atoms with E-state index in [1.54, 1.807) is 18.5 Å². The number of carbonyl (C=O) groups is 1. The third-order valence-electron chi connectivity index (χ3n) is 1.59. The molecule has 0 spiro atoms. The van der Waals surface area contributed by atoms with E-state index in [9.17, 15) is 4.79 Å². The van der Waals surface area contributed by atoms with Gasteiger partial charge in [-0.2, -0.15) is 0 Å². The van der Waals surface area contributed by atoms with Gasteiger partial charge < -0.3 is 0 Å². The van der Waals surface area contributed by atoms with E-state index in [1.807, 2.05) is 12.2 Å². The Bertz CT molecular complexity index is 310. The fraction of sp³-hybridized carbons (Fsp3) is 0.200. The van der Waals surface area contributed by atoms with E-state index in [2.05, 4.69) is 20.9 Å². The van der Waals surface area contributed by atoms with Crippen LogP contribution < -0.4 is 0 Å². The monoisotopic (exact) mass is 239 g/mol. The van der Waals surface area contributed by atoms with E-state index in [4.69, 9.17) is 0 Å². The second-order valence-corrected chi connectivity index (χ2v) is 3.30. The van der Waals surface area contributed by atoms with Gasteiger partial charge in [-0.05, 0) is 12.5 Å². The molecular weight excluding hydrogens is 230 g/mol. The highest BCUT2D eigenvalue weighted by atomic mass is 79.9. The minimum Gasteiger partial charge on any atom is -0.298 e. The first-order valence-corrected chi connectivity index (χ1v) is 5.12. The molecule has 68 valence electrons. The predicted molar refractivity (Wildman–Crippen MR) is 57.1 cm³/mol. The number of rotatable bonds is 4. The van der Waals surface area contributed by atoms with Crippen molar-refractivity contribution in [1.82, 2.24) is 4.98 Å². The summed E-state index contributed by atoms with van der Waals surface area (Å²) in [6.07, 6.45) is 9.03. The lowest BCUT2D eigenvalue weighted by molar-refractivity contribution is 0.112. The van der Waals surface area contributed by atoms with Crippen LogP contribution in [0.15, 0.2) is 24.5 Å². The standard InChI is InChI=1S/C10H10BrNO/c11-5-2-1-3-9-7-12-6-4-10(9)8-13/h1,3-4,6-8H,2,5H2. The van der Waals surface area contributed by atoms with Crippen LogP contribution in [-0.2, 0) is 0 Å². The molecule has 0 unspecified atom stereocenters. The van der Waals surface area contributed by atoms with Crippen LogP contribution >= 0.6 is 15.9 Å². The molecule has 3 heteroatoms. The second-order valence-electron chi connectivity index (χ2n) is 2.50. The number of pyridine rings is 1. The molecule has 1 rings (SSSR count). The van der Waals surface area contributed by atoms with E-state index in [0.29, 0.717) is 5.56 Å². The Kier molecular flexibility index (Phi) is 4.40.